The first kappa shape index (κ1) is 6.91. The van der Waals surface area contributed by atoms with Crippen molar-refractivity contribution in [3.8, 4) is 0 Å². The molecule has 10 aliphatic heterocycles. The van der Waals surface area contributed by atoms with E-state index in [0.717, 1.165) is 16.2 Å². The zero-order valence-corrected chi connectivity index (χ0v) is 11.4. The Morgan fingerprint density at radius 2 is 1.37 bits per heavy atom. The summed E-state index contributed by atoms with van der Waals surface area (Å²) < 4.78 is 0.862. The van der Waals surface area contributed by atoms with Gasteiger partial charge in [-0.2, -0.15) is 0 Å². The van der Waals surface area contributed by atoms with Crippen LogP contribution >= 0.6 is 0 Å². The van der Waals surface area contributed by atoms with E-state index in [1.54, 1.807) is 5.56 Å². The number of benzene rings is 1. The van der Waals surface area contributed by atoms with Crippen molar-refractivity contribution in [1.29, 1.82) is 0 Å². The van der Waals surface area contributed by atoms with Gasteiger partial charge in [0.2, 0.25) is 0 Å². The standard InChI is InChI=1S/C12H9O.C5H5.Fe/c13-9-10-5-7-12(8-6-10)11-3-1-2-4-11;1-2-4-5-3-1;/h1-9H;1-5H;. The molecule has 1 aromatic rings. The summed E-state index contributed by atoms with van der Waals surface area (Å²) in [5.74, 6) is 0. The average Bonchev–Trinajstić information content (AvgIpc) is 3.39. The van der Waals surface area contributed by atoms with Crippen LogP contribution in [0.5, 0.6) is 0 Å². The molecule has 0 aliphatic carbocycles. The Morgan fingerprint density at radius 3 is 1.68 bits per heavy atom. The van der Waals surface area contributed by atoms with E-state index in [1.807, 2.05) is 0 Å². The fraction of sp³-hybridized carbons (Fsp3) is 0.588. The number of hydrogen-bond donors (Lipinski definition) is 0. The Kier molecular flexibility index (Phi) is 0.218. The fourth-order valence-electron chi connectivity index (χ4n) is 17.8. The van der Waals surface area contributed by atoms with Crippen LogP contribution in [0, 0.1) is 0 Å². The summed E-state index contributed by atoms with van der Waals surface area (Å²) in [6.07, 6.45) is 1.00. The number of rotatable bonds is 2. The van der Waals surface area contributed by atoms with Crippen LogP contribution < -0.4 is 0 Å². The van der Waals surface area contributed by atoms with Crippen molar-refractivity contribution in [2.75, 3.05) is 0 Å². The molecule has 0 N–H and O–H groups in total. The van der Waals surface area contributed by atoms with Gasteiger partial charge in [-0.15, -0.1) is 0 Å². The van der Waals surface area contributed by atoms with E-state index in [2.05, 4.69) is 24.3 Å². The SMILES string of the molecule is O=Cc1ccc([C]23[CH]4[CH]5[CH]6[CH]2[Fe]56432789[CH]3[CH]2[CH]7[CH]8[CH]39)cc1. The topological polar surface area (TPSA) is 17.1 Å². The molecule has 0 bridgehead atoms. The zero-order valence-electron chi connectivity index (χ0n) is 10.3. The van der Waals surface area contributed by atoms with Crippen LogP contribution in [-0.2, 0) is 10.8 Å². The van der Waals surface area contributed by atoms with Crippen molar-refractivity contribution in [3.63, 3.8) is 0 Å². The molecule has 10 saturated heterocycles. The summed E-state index contributed by atoms with van der Waals surface area (Å²) >= 11 is 0. The van der Waals surface area contributed by atoms with Gasteiger partial charge in [0.1, 0.15) is 0 Å². The van der Waals surface area contributed by atoms with Gasteiger partial charge in [0.05, 0.1) is 0 Å². The molecule has 19 heavy (non-hydrogen) atoms. The van der Waals surface area contributed by atoms with Gasteiger partial charge >= 0.3 is 101 Å². The van der Waals surface area contributed by atoms with E-state index >= 15 is 0 Å². The van der Waals surface area contributed by atoms with Gasteiger partial charge < -0.3 is 0 Å². The molecule has 11 rings (SSSR count). The Morgan fingerprint density at radius 1 is 0.842 bits per heavy atom. The van der Waals surface area contributed by atoms with Crippen LogP contribution in [0.1, 0.15) is 15.9 Å². The molecule has 4 atom stereocenters. The molecule has 10 fully saturated rings. The van der Waals surface area contributed by atoms with Gasteiger partial charge in [-0.05, 0) is 0 Å². The molecule has 10 heterocycles. The van der Waals surface area contributed by atoms with E-state index in [9.17, 15) is 4.79 Å². The second-order valence-electron chi connectivity index (χ2n) is 11.4. The molecule has 0 saturated carbocycles. The van der Waals surface area contributed by atoms with E-state index < -0.39 is 6.51 Å². The average molecular weight is 290 g/mol. The molecule has 0 amide bonds. The summed E-state index contributed by atoms with van der Waals surface area (Å²) in [5, 5.41) is 0. The van der Waals surface area contributed by atoms with Crippen LogP contribution in [0.3, 0.4) is 0 Å². The van der Waals surface area contributed by atoms with Crippen LogP contribution in [0.15, 0.2) is 24.3 Å². The van der Waals surface area contributed by atoms with Gasteiger partial charge in [-0.3, -0.25) is 0 Å². The van der Waals surface area contributed by atoms with Crippen LogP contribution in [0.4, 0.5) is 0 Å². The van der Waals surface area contributed by atoms with Crippen LogP contribution in [0.2, 0.25) is 43.3 Å². The molecule has 96 valence electrons. The predicted molar refractivity (Wildman–Crippen MR) is 67.3 cm³/mol. The van der Waals surface area contributed by atoms with Crippen LogP contribution in [-0.4, -0.2) is 6.29 Å². The Bertz CT molecular complexity index is 1110. The van der Waals surface area contributed by atoms with E-state index in [-0.39, 0.29) is 0 Å². The van der Waals surface area contributed by atoms with Gasteiger partial charge in [-0.25, -0.2) is 0 Å². The second-order valence-corrected chi connectivity index (χ2v) is 35.0. The monoisotopic (exact) mass is 290 g/mol. The van der Waals surface area contributed by atoms with Crippen molar-refractivity contribution < 1.29 is 11.3 Å². The fourth-order valence-corrected chi connectivity index (χ4v) is 92.1. The van der Waals surface area contributed by atoms with Crippen molar-refractivity contribution in [1.82, 2.24) is 0 Å². The molecule has 2 heteroatoms. The Balaban J connectivity index is 1.46. The number of aldehydes is 1. The predicted octanol–water partition coefficient (Wildman–Crippen LogP) is 4.30. The minimum atomic E-state index is -2.94. The van der Waals surface area contributed by atoms with Gasteiger partial charge in [-0.1, -0.05) is 0 Å². The summed E-state index contributed by atoms with van der Waals surface area (Å²) in [6, 6.07) is 8.97. The number of fused-ring (bicyclic) bond motifs is 10. The number of hydrogen-bond acceptors (Lipinski definition) is 1. The quantitative estimate of drug-likeness (QED) is 0.586. The molecule has 10 aliphatic rings. The molecular weight excluding hydrogens is 276 g/mol. The molecule has 1 nitrogen and oxygen atoms in total. The molecular formula is C17H14FeO. The number of carbonyl (C=O) groups excluding carboxylic acids is 1. The van der Waals surface area contributed by atoms with Crippen LogP contribution in [0.25, 0.3) is 0 Å². The maximum atomic E-state index is 10.9. The zero-order chi connectivity index (χ0) is 11.7. The third kappa shape index (κ3) is 0.0779. The van der Waals surface area contributed by atoms with Crippen molar-refractivity contribution >= 4 is 6.29 Å². The van der Waals surface area contributed by atoms with Gasteiger partial charge in [0.15, 0.2) is 0 Å². The summed E-state index contributed by atoms with van der Waals surface area (Å²) in [5.41, 5.74) is 2.61. The third-order valence-electron chi connectivity index (χ3n) is 16.2. The Hall–Kier alpha value is -0.591. The van der Waals surface area contributed by atoms with Crippen molar-refractivity contribution in [2.24, 2.45) is 0 Å². The summed E-state index contributed by atoms with van der Waals surface area (Å²) in [7, 11) is 0. The van der Waals surface area contributed by atoms with E-state index in [1.165, 1.54) is 43.3 Å². The normalized spacial score (nSPS) is 107. The van der Waals surface area contributed by atoms with Crippen molar-refractivity contribution in [2.45, 2.75) is 47.7 Å². The van der Waals surface area contributed by atoms with Crippen molar-refractivity contribution in [3.05, 3.63) is 35.4 Å². The Labute approximate surface area is 101 Å². The number of carbonyl (C=O) groups is 1. The summed E-state index contributed by atoms with van der Waals surface area (Å²) in [6.45, 7) is -2.94. The third-order valence-corrected chi connectivity index (χ3v) is 58.5. The second kappa shape index (κ2) is 0.600. The maximum absolute atomic E-state index is 10.9. The summed E-state index contributed by atoms with van der Waals surface area (Å²) in [4.78, 5) is 23.4. The molecule has 1 spiro atoms. The van der Waals surface area contributed by atoms with E-state index in [4.69, 9.17) is 0 Å². The van der Waals surface area contributed by atoms with E-state index in [0.29, 0.717) is 0 Å². The minimum absolute atomic E-state index is 0.862. The molecule has 4 unspecified atom stereocenters. The molecule has 0 aromatic heterocycles. The molecule has 1 aromatic carbocycles. The van der Waals surface area contributed by atoms with Gasteiger partial charge in [0, 0.05) is 0 Å². The van der Waals surface area contributed by atoms with Gasteiger partial charge in [0.25, 0.3) is 0 Å². The molecule has 0 radical (unpaired) electrons. The first-order valence-corrected chi connectivity index (χ1v) is 14.1. The first-order chi connectivity index (χ1) is 9.08. The first-order valence-electron chi connectivity index (χ1n) is 7.85.